The van der Waals surface area contributed by atoms with Gasteiger partial charge in [0.1, 0.15) is 0 Å². The van der Waals surface area contributed by atoms with Gasteiger partial charge < -0.3 is 10.8 Å². The van der Waals surface area contributed by atoms with Gasteiger partial charge in [-0.15, -0.1) is 0 Å². The summed E-state index contributed by atoms with van der Waals surface area (Å²) in [5, 5.41) is 10.4. The number of aliphatic hydroxyl groups is 1. The third-order valence-electron chi connectivity index (χ3n) is 2.94. The first-order valence-corrected chi connectivity index (χ1v) is 6.55. The maximum Gasteiger partial charge on any atom is 0.0885 e. The quantitative estimate of drug-likeness (QED) is 0.913. The van der Waals surface area contributed by atoms with Gasteiger partial charge in [0, 0.05) is 29.3 Å². The summed E-state index contributed by atoms with van der Waals surface area (Å²) in [6, 6.07) is 11.5. The summed E-state index contributed by atoms with van der Waals surface area (Å²) in [4.78, 5) is 4.02. The molecule has 2 unspecified atom stereocenters. The van der Waals surface area contributed by atoms with E-state index in [1.165, 1.54) is 0 Å². The highest BCUT2D eigenvalue weighted by Gasteiger charge is 2.21. The van der Waals surface area contributed by atoms with Crippen molar-refractivity contribution in [1.82, 2.24) is 4.98 Å². The Bertz CT molecular complexity index is 504. The molecule has 0 saturated heterocycles. The largest absolute Gasteiger partial charge is 0.388 e. The van der Waals surface area contributed by atoms with Gasteiger partial charge in [0.2, 0.25) is 0 Å². The van der Waals surface area contributed by atoms with Crippen molar-refractivity contribution < 1.29 is 5.11 Å². The number of nitrogens with two attached hydrogens (primary N) is 1. The molecule has 0 saturated carbocycles. The number of aliphatic hydroxyl groups excluding tert-OH is 1. The van der Waals surface area contributed by atoms with Gasteiger partial charge in [-0.2, -0.15) is 0 Å². The van der Waals surface area contributed by atoms with Gasteiger partial charge in [0.25, 0.3) is 0 Å². The molecule has 0 spiro atoms. The van der Waals surface area contributed by atoms with E-state index in [2.05, 4.69) is 20.9 Å². The SMILES string of the molecule is NCC(c1cccc(Br)c1)C(O)c1cccnc1. The second kappa shape index (κ2) is 6.09. The van der Waals surface area contributed by atoms with Crippen LogP contribution in [0.5, 0.6) is 0 Å². The number of hydrogen-bond donors (Lipinski definition) is 2. The van der Waals surface area contributed by atoms with E-state index in [1.807, 2.05) is 36.4 Å². The average Bonchev–Trinajstić information content (AvgIpc) is 2.40. The molecule has 0 aliphatic heterocycles. The van der Waals surface area contributed by atoms with Crippen LogP contribution in [0, 0.1) is 0 Å². The number of hydrogen-bond acceptors (Lipinski definition) is 3. The van der Waals surface area contributed by atoms with Crippen molar-refractivity contribution in [2.45, 2.75) is 12.0 Å². The Morgan fingerprint density at radius 1 is 1.22 bits per heavy atom. The molecule has 94 valence electrons. The minimum atomic E-state index is -0.641. The molecule has 0 bridgehead atoms. The van der Waals surface area contributed by atoms with Crippen LogP contribution in [0.3, 0.4) is 0 Å². The molecule has 18 heavy (non-hydrogen) atoms. The minimum absolute atomic E-state index is 0.133. The Labute approximate surface area is 115 Å². The zero-order valence-electron chi connectivity index (χ0n) is 9.83. The molecule has 2 aromatic rings. The van der Waals surface area contributed by atoms with E-state index in [4.69, 9.17) is 5.73 Å². The Morgan fingerprint density at radius 2 is 2.00 bits per heavy atom. The van der Waals surface area contributed by atoms with Crippen molar-refractivity contribution in [3.63, 3.8) is 0 Å². The normalized spacial score (nSPS) is 14.2. The highest BCUT2D eigenvalue weighted by Crippen LogP contribution is 2.30. The van der Waals surface area contributed by atoms with Crippen molar-refractivity contribution >= 4 is 15.9 Å². The predicted molar refractivity (Wildman–Crippen MR) is 75.1 cm³/mol. The first-order chi connectivity index (χ1) is 8.72. The third-order valence-corrected chi connectivity index (χ3v) is 3.43. The van der Waals surface area contributed by atoms with E-state index >= 15 is 0 Å². The van der Waals surface area contributed by atoms with Crippen LogP contribution in [0.15, 0.2) is 53.3 Å². The number of aromatic nitrogens is 1. The van der Waals surface area contributed by atoms with Crippen LogP contribution in [0.4, 0.5) is 0 Å². The van der Waals surface area contributed by atoms with Gasteiger partial charge in [0.15, 0.2) is 0 Å². The summed E-state index contributed by atoms with van der Waals surface area (Å²) >= 11 is 3.43. The van der Waals surface area contributed by atoms with E-state index < -0.39 is 6.10 Å². The number of rotatable bonds is 4. The molecule has 0 amide bonds. The van der Waals surface area contributed by atoms with Crippen LogP contribution in [-0.4, -0.2) is 16.6 Å². The van der Waals surface area contributed by atoms with Crippen molar-refractivity contribution in [3.05, 3.63) is 64.4 Å². The second-order valence-corrected chi connectivity index (χ2v) is 5.04. The van der Waals surface area contributed by atoms with Crippen molar-refractivity contribution in [3.8, 4) is 0 Å². The van der Waals surface area contributed by atoms with Gasteiger partial charge in [-0.3, -0.25) is 4.98 Å². The second-order valence-electron chi connectivity index (χ2n) is 4.13. The van der Waals surface area contributed by atoms with Crippen LogP contribution >= 0.6 is 15.9 Å². The van der Waals surface area contributed by atoms with Crippen LogP contribution in [0.1, 0.15) is 23.1 Å². The maximum atomic E-state index is 10.4. The molecule has 1 heterocycles. The molecular weight excluding hydrogens is 292 g/mol. The lowest BCUT2D eigenvalue weighted by atomic mass is 9.90. The molecule has 3 N–H and O–H groups in total. The molecule has 1 aromatic carbocycles. The summed E-state index contributed by atoms with van der Waals surface area (Å²) in [5.41, 5.74) is 7.60. The lowest BCUT2D eigenvalue weighted by molar-refractivity contribution is 0.147. The molecular formula is C14H15BrN2O. The van der Waals surface area contributed by atoms with Crippen LogP contribution in [0.25, 0.3) is 0 Å². The summed E-state index contributed by atoms with van der Waals surface area (Å²) in [5.74, 6) is -0.133. The summed E-state index contributed by atoms with van der Waals surface area (Å²) in [6.45, 7) is 0.381. The van der Waals surface area contributed by atoms with Crippen molar-refractivity contribution in [2.24, 2.45) is 5.73 Å². The average molecular weight is 307 g/mol. The highest BCUT2D eigenvalue weighted by atomic mass is 79.9. The van der Waals surface area contributed by atoms with E-state index in [0.29, 0.717) is 6.54 Å². The van der Waals surface area contributed by atoms with E-state index in [9.17, 15) is 5.11 Å². The lowest BCUT2D eigenvalue weighted by Crippen LogP contribution is -2.20. The molecule has 4 heteroatoms. The number of halogens is 1. The van der Waals surface area contributed by atoms with Crippen molar-refractivity contribution in [2.75, 3.05) is 6.54 Å². The maximum absolute atomic E-state index is 10.4. The molecule has 1 aromatic heterocycles. The van der Waals surface area contributed by atoms with Crippen LogP contribution in [0.2, 0.25) is 0 Å². The Kier molecular flexibility index (Phi) is 4.47. The zero-order valence-corrected chi connectivity index (χ0v) is 11.4. The van der Waals surface area contributed by atoms with Gasteiger partial charge >= 0.3 is 0 Å². The molecule has 2 atom stereocenters. The number of benzene rings is 1. The fourth-order valence-electron chi connectivity index (χ4n) is 1.97. The van der Waals surface area contributed by atoms with Crippen molar-refractivity contribution in [1.29, 1.82) is 0 Å². The molecule has 0 radical (unpaired) electrons. The minimum Gasteiger partial charge on any atom is -0.388 e. The Balaban J connectivity index is 2.29. The lowest BCUT2D eigenvalue weighted by Gasteiger charge is -2.22. The first-order valence-electron chi connectivity index (χ1n) is 5.76. The molecule has 0 aliphatic carbocycles. The Morgan fingerprint density at radius 3 is 2.61 bits per heavy atom. The fourth-order valence-corrected chi connectivity index (χ4v) is 2.38. The zero-order chi connectivity index (χ0) is 13.0. The van der Waals surface area contributed by atoms with E-state index in [1.54, 1.807) is 12.4 Å². The van der Waals surface area contributed by atoms with Gasteiger partial charge in [-0.1, -0.05) is 34.1 Å². The smallest absolute Gasteiger partial charge is 0.0885 e. The molecule has 0 aliphatic rings. The van der Waals surface area contributed by atoms with E-state index in [0.717, 1.165) is 15.6 Å². The molecule has 2 rings (SSSR count). The molecule has 0 fully saturated rings. The summed E-state index contributed by atoms with van der Waals surface area (Å²) < 4.78 is 0.983. The van der Waals surface area contributed by atoms with E-state index in [-0.39, 0.29) is 5.92 Å². The Hall–Kier alpha value is -1.23. The number of pyridine rings is 1. The van der Waals surface area contributed by atoms with Crippen LogP contribution < -0.4 is 5.73 Å². The topological polar surface area (TPSA) is 59.1 Å². The highest BCUT2D eigenvalue weighted by molar-refractivity contribution is 9.10. The monoisotopic (exact) mass is 306 g/mol. The predicted octanol–water partition coefficient (Wildman–Crippen LogP) is 2.62. The summed E-state index contributed by atoms with van der Waals surface area (Å²) in [7, 11) is 0. The van der Waals surface area contributed by atoms with Gasteiger partial charge in [-0.05, 0) is 29.3 Å². The van der Waals surface area contributed by atoms with Gasteiger partial charge in [-0.25, -0.2) is 0 Å². The standard InChI is InChI=1S/C14H15BrN2O/c15-12-5-1-3-10(7-12)13(8-16)14(18)11-4-2-6-17-9-11/h1-7,9,13-14,18H,8,16H2. The third kappa shape index (κ3) is 2.96. The first kappa shape index (κ1) is 13.2. The molecule has 3 nitrogen and oxygen atoms in total. The number of nitrogens with zero attached hydrogens (tertiary/aromatic N) is 1. The fraction of sp³-hybridized carbons (Fsp3) is 0.214. The summed E-state index contributed by atoms with van der Waals surface area (Å²) in [6.07, 6.45) is 2.72. The van der Waals surface area contributed by atoms with Gasteiger partial charge in [0.05, 0.1) is 6.10 Å². The van der Waals surface area contributed by atoms with Crippen LogP contribution in [-0.2, 0) is 0 Å².